The van der Waals surface area contributed by atoms with Crippen molar-refractivity contribution in [3.8, 4) is 0 Å². The number of hydrogen-bond donors (Lipinski definition) is 2. The van der Waals surface area contributed by atoms with E-state index in [1.165, 1.54) is 0 Å². The maximum absolute atomic E-state index is 8.84. The summed E-state index contributed by atoms with van der Waals surface area (Å²) in [6.45, 7) is 0. The second kappa shape index (κ2) is 4.64. The molecule has 0 spiro atoms. The highest BCUT2D eigenvalue weighted by atomic mass is 16.4. The van der Waals surface area contributed by atoms with Crippen molar-refractivity contribution in [2.45, 2.75) is 44.9 Å². The smallest absolute Gasteiger partial charge is 0.0601 e. The topological polar surface area (TPSA) is 65.2 Å². The van der Waals surface area contributed by atoms with Gasteiger partial charge in [-0.05, 0) is 44.9 Å². The van der Waals surface area contributed by atoms with Crippen molar-refractivity contribution < 1.29 is 10.4 Å². The number of hydrogen-bond acceptors (Lipinski definition) is 4. The fourth-order valence-corrected chi connectivity index (χ4v) is 2.92. The molecule has 0 bridgehead atoms. The molecule has 2 N–H and O–H groups in total. The Morgan fingerprint density at radius 2 is 1.40 bits per heavy atom. The third-order valence-electron chi connectivity index (χ3n) is 3.74. The molecule has 2 aliphatic carbocycles. The fraction of sp³-hybridized carbons (Fsp3) is 0.818. The highest BCUT2D eigenvalue weighted by Gasteiger charge is 2.30. The molecule has 0 aromatic rings. The third kappa shape index (κ3) is 2.13. The van der Waals surface area contributed by atoms with E-state index in [2.05, 4.69) is 10.3 Å². The zero-order valence-corrected chi connectivity index (χ0v) is 8.89. The van der Waals surface area contributed by atoms with Crippen LogP contribution in [0.1, 0.15) is 44.9 Å². The van der Waals surface area contributed by atoms with Crippen LogP contribution in [0.4, 0.5) is 0 Å². The molecule has 2 fully saturated rings. The monoisotopic (exact) mass is 210 g/mol. The summed E-state index contributed by atoms with van der Waals surface area (Å²) in [7, 11) is 0. The summed E-state index contributed by atoms with van der Waals surface area (Å²) in [6.07, 6.45) is 7.35. The average molecular weight is 210 g/mol. The van der Waals surface area contributed by atoms with E-state index in [0.29, 0.717) is 11.8 Å². The van der Waals surface area contributed by atoms with Crippen LogP contribution in [0.5, 0.6) is 0 Å². The molecule has 2 rings (SSSR count). The van der Waals surface area contributed by atoms with Crippen LogP contribution in [0.25, 0.3) is 0 Å². The first-order chi connectivity index (χ1) is 7.35. The van der Waals surface area contributed by atoms with Gasteiger partial charge in [-0.2, -0.15) is 0 Å². The minimum Gasteiger partial charge on any atom is -0.411 e. The normalized spacial score (nSPS) is 36.8. The SMILES string of the molecule is O/N=C1/CCC[C@H]1C[C@@H]1CCC/C1=N/O. The number of oxime groups is 2. The maximum Gasteiger partial charge on any atom is 0.0601 e. The second-order valence-electron chi connectivity index (χ2n) is 4.60. The Bertz CT molecular complexity index is 258. The molecule has 15 heavy (non-hydrogen) atoms. The van der Waals surface area contributed by atoms with Crippen molar-refractivity contribution in [2.75, 3.05) is 0 Å². The quantitative estimate of drug-likeness (QED) is 0.543. The van der Waals surface area contributed by atoms with Gasteiger partial charge in [0.1, 0.15) is 0 Å². The molecule has 0 unspecified atom stereocenters. The summed E-state index contributed by atoms with van der Waals surface area (Å²) in [5, 5.41) is 24.4. The molecule has 0 amide bonds. The molecule has 84 valence electrons. The van der Waals surface area contributed by atoms with Crippen LogP contribution in [-0.4, -0.2) is 21.8 Å². The molecule has 0 saturated heterocycles. The standard InChI is InChI=1S/C11H18N2O2/c14-12-10-5-1-3-8(10)7-9-4-2-6-11(9)13-15/h8-9,14-15H,1-7H2/b12-10-,13-11-/t8-,9-/m0/s1. The Labute approximate surface area is 89.7 Å². The van der Waals surface area contributed by atoms with Crippen LogP contribution >= 0.6 is 0 Å². The Morgan fingerprint density at radius 1 is 0.933 bits per heavy atom. The molecule has 0 aromatic heterocycles. The van der Waals surface area contributed by atoms with Crippen LogP contribution in [0.3, 0.4) is 0 Å². The van der Waals surface area contributed by atoms with Crippen molar-refractivity contribution >= 4 is 11.4 Å². The van der Waals surface area contributed by atoms with Crippen molar-refractivity contribution in [3.05, 3.63) is 0 Å². The Hall–Kier alpha value is -1.06. The molecule has 4 nitrogen and oxygen atoms in total. The van der Waals surface area contributed by atoms with Crippen molar-refractivity contribution in [1.82, 2.24) is 0 Å². The van der Waals surface area contributed by atoms with Crippen LogP contribution in [0.2, 0.25) is 0 Å². The minimum atomic E-state index is 0.412. The molecule has 2 saturated carbocycles. The summed E-state index contributed by atoms with van der Waals surface area (Å²) in [5.41, 5.74) is 1.89. The summed E-state index contributed by atoms with van der Waals surface area (Å²) in [4.78, 5) is 0. The Kier molecular flexibility index (Phi) is 3.23. The van der Waals surface area contributed by atoms with Gasteiger partial charge in [0.25, 0.3) is 0 Å². The molecule has 0 radical (unpaired) electrons. The van der Waals surface area contributed by atoms with Gasteiger partial charge in [-0.3, -0.25) is 0 Å². The van der Waals surface area contributed by atoms with Gasteiger partial charge in [0, 0.05) is 11.8 Å². The first-order valence-corrected chi connectivity index (χ1v) is 5.76. The molecular weight excluding hydrogens is 192 g/mol. The van der Waals surface area contributed by atoms with Gasteiger partial charge >= 0.3 is 0 Å². The first-order valence-electron chi connectivity index (χ1n) is 5.76. The van der Waals surface area contributed by atoms with Crippen LogP contribution in [-0.2, 0) is 0 Å². The highest BCUT2D eigenvalue weighted by molar-refractivity contribution is 5.91. The van der Waals surface area contributed by atoms with Crippen molar-refractivity contribution in [3.63, 3.8) is 0 Å². The molecule has 0 heterocycles. The minimum absolute atomic E-state index is 0.412. The van der Waals surface area contributed by atoms with E-state index in [1.54, 1.807) is 0 Å². The van der Waals surface area contributed by atoms with Gasteiger partial charge in [0.2, 0.25) is 0 Å². The van der Waals surface area contributed by atoms with Crippen LogP contribution in [0.15, 0.2) is 10.3 Å². The van der Waals surface area contributed by atoms with E-state index in [0.717, 1.165) is 56.4 Å². The predicted octanol–water partition coefficient (Wildman–Crippen LogP) is 2.64. The zero-order chi connectivity index (χ0) is 10.7. The van der Waals surface area contributed by atoms with Gasteiger partial charge < -0.3 is 10.4 Å². The summed E-state index contributed by atoms with van der Waals surface area (Å²) in [6, 6.07) is 0. The van der Waals surface area contributed by atoms with Gasteiger partial charge in [-0.25, -0.2) is 0 Å². The second-order valence-corrected chi connectivity index (χ2v) is 4.60. The van der Waals surface area contributed by atoms with Crippen molar-refractivity contribution in [1.29, 1.82) is 0 Å². The maximum atomic E-state index is 8.84. The number of nitrogens with zero attached hydrogens (tertiary/aromatic N) is 2. The average Bonchev–Trinajstić information content (AvgIpc) is 2.87. The summed E-state index contributed by atoms with van der Waals surface area (Å²) >= 11 is 0. The lowest BCUT2D eigenvalue weighted by atomic mass is 9.90. The Balaban J connectivity index is 1.96. The van der Waals surface area contributed by atoms with E-state index >= 15 is 0 Å². The fourth-order valence-electron chi connectivity index (χ4n) is 2.92. The van der Waals surface area contributed by atoms with E-state index in [1.807, 2.05) is 0 Å². The third-order valence-corrected chi connectivity index (χ3v) is 3.74. The molecule has 0 aromatic carbocycles. The predicted molar refractivity (Wildman–Crippen MR) is 57.7 cm³/mol. The lowest BCUT2D eigenvalue weighted by Gasteiger charge is -2.15. The zero-order valence-electron chi connectivity index (χ0n) is 8.89. The summed E-state index contributed by atoms with van der Waals surface area (Å²) in [5.74, 6) is 0.824. The number of rotatable bonds is 2. The lowest BCUT2D eigenvalue weighted by Crippen LogP contribution is -2.16. The highest BCUT2D eigenvalue weighted by Crippen LogP contribution is 2.34. The van der Waals surface area contributed by atoms with Crippen LogP contribution < -0.4 is 0 Å². The van der Waals surface area contributed by atoms with E-state index in [-0.39, 0.29) is 0 Å². The lowest BCUT2D eigenvalue weighted by molar-refractivity contribution is 0.310. The molecule has 2 atom stereocenters. The molecule has 4 heteroatoms. The molecule has 0 aliphatic heterocycles. The molecular formula is C11H18N2O2. The van der Waals surface area contributed by atoms with Crippen molar-refractivity contribution in [2.24, 2.45) is 22.1 Å². The van der Waals surface area contributed by atoms with Crippen LogP contribution in [0, 0.1) is 11.8 Å². The van der Waals surface area contributed by atoms with Gasteiger partial charge in [0.05, 0.1) is 11.4 Å². The van der Waals surface area contributed by atoms with E-state index in [9.17, 15) is 0 Å². The molecule has 2 aliphatic rings. The first kappa shape index (κ1) is 10.5. The van der Waals surface area contributed by atoms with Gasteiger partial charge in [-0.15, -0.1) is 0 Å². The van der Waals surface area contributed by atoms with E-state index < -0.39 is 0 Å². The van der Waals surface area contributed by atoms with E-state index in [4.69, 9.17) is 10.4 Å². The Morgan fingerprint density at radius 3 is 1.80 bits per heavy atom. The largest absolute Gasteiger partial charge is 0.411 e. The van der Waals surface area contributed by atoms with Gasteiger partial charge in [-0.1, -0.05) is 10.3 Å². The summed E-state index contributed by atoms with van der Waals surface area (Å²) < 4.78 is 0. The van der Waals surface area contributed by atoms with Gasteiger partial charge in [0.15, 0.2) is 0 Å².